The van der Waals surface area contributed by atoms with Crippen molar-refractivity contribution < 1.29 is 9.47 Å². The number of aromatic nitrogens is 3. The van der Waals surface area contributed by atoms with Gasteiger partial charge in [-0.1, -0.05) is 19.9 Å². The van der Waals surface area contributed by atoms with E-state index in [4.69, 9.17) is 19.6 Å². The summed E-state index contributed by atoms with van der Waals surface area (Å²) in [5.41, 5.74) is 4.38. The molecule has 1 N–H and O–H groups in total. The molecule has 3 aromatic rings. The summed E-state index contributed by atoms with van der Waals surface area (Å²) in [4.78, 5) is 7.69. The van der Waals surface area contributed by atoms with E-state index in [-0.39, 0.29) is 0 Å². The summed E-state index contributed by atoms with van der Waals surface area (Å²) >= 11 is 0. The van der Waals surface area contributed by atoms with Gasteiger partial charge in [-0.15, -0.1) is 5.10 Å². The van der Waals surface area contributed by atoms with E-state index in [1.807, 2.05) is 22.7 Å². The van der Waals surface area contributed by atoms with Gasteiger partial charge in [-0.05, 0) is 93.4 Å². The van der Waals surface area contributed by atoms with Crippen molar-refractivity contribution in [2.75, 3.05) is 33.9 Å². The third-order valence-electron chi connectivity index (χ3n) is 7.99. The number of aryl methyl sites for hydroxylation is 1. The van der Waals surface area contributed by atoms with Crippen molar-refractivity contribution in [3.63, 3.8) is 0 Å². The molecule has 0 saturated carbocycles. The molecule has 2 fully saturated rings. The summed E-state index contributed by atoms with van der Waals surface area (Å²) in [5.74, 6) is 3.29. The van der Waals surface area contributed by atoms with E-state index in [9.17, 15) is 0 Å². The van der Waals surface area contributed by atoms with Crippen LogP contribution in [0.4, 0.5) is 0 Å². The smallest absolute Gasteiger partial charge is 0.182 e. The van der Waals surface area contributed by atoms with Gasteiger partial charge >= 0.3 is 0 Å². The van der Waals surface area contributed by atoms with Gasteiger partial charge in [0.2, 0.25) is 0 Å². The third-order valence-corrected chi connectivity index (χ3v) is 7.99. The topological polar surface area (TPSA) is 63.9 Å². The number of methoxy groups -OCH3 is 2. The molecular weight excluding hydrogens is 438 g/mol. The van der Waals surface area contributed by atoms with Crippen LogP contribution in [0.25, 0.3) is 17.0 Å². The minimum Gasteiger partial charge on any atom is -0.493 e. The van der Waals surface area contributed by atoms with E-state index in [2.05, 4.69) is 43.3 Å². The standard InChI is InChI=1S/C28H39N5O2/c1-18(2)24-15-20(10-13-32(24)23-8-11-29-12-9-23)22-14-19(3)28-30-27(31-33(28)17-22)21-6-7-25(34-4)26(16-21)35-5/h6-7,14,16-18,20,23-24,29H,8-13,15H2,1-5H3/t20?,24-/m1/s1. The molecule has 2 aliphatic rings. The summed E-state index contributed by atoms with van der Waals surface area (Å²) < 4.78 is 12.8. The van der Waals surface area contributed by atoms with Crippen LogP contribution in [0, 0.1) is 12.8 Å². The lowest BCUT2D eigenvalue weighted by molar-refractivity contribution is 0.0430. The van der Waals surface area contributed by atoms with Crippen molar-refractivity contribution in [2.45, 2.75) is 64.5 Å². The zero-order valence-electron chi connectivity index (χ0n) is 21.8. The highest BCUT2D eigenvalue weighted by Crippen LogP contribution is 2.37. The highest BCUT2D eigenvalue weighted by Gasteiger charge is 2.35. The SMILES string of the molecule is COc1ccc(-c2nc3c(C)cc(C4CCN(C5CCNCC5)[C@@H](C(C)C)C4)cn3n2)cc1OC. The fourth-order valence-corrected chi connectivity index (χ4v) is 6.06. The van der Waals surface area contributed by atoms with Gasteiger partial charge in [-0.3, -0.25) is 4.90 Å². The molecule has 4 heterocycles. The monoisotopic (exact) mass is 477 g/mol. The molecule has 2 aliphatic heterocycles. The number of benzene rings is 1. The molecule has 0 spiro atoms. The molecule has 2 atom stereocenters. The van der Waals surface area contributed by atoms with Gasteiger partial charge in [0.15, 0.2) is 23.0 Å². The van der Waals surface area contributed by atoms with E-state index in [1.54, 1.807) is 14.2 Å². The maximum Gasteiger partial charge on any atom is 0.182 e. The molecule has 0 bridgehead atoms. The van der Waals surface area contributed by atoms with Crippen molar-refractivity contribution in [2.24, 2.45) is 5.92 Å². The quantitative estimate of drug-likeness (QED) is 0.556. The molecule has 0 radical (unpaired) electrons. The summed E-state index contributed by atoms with van der Waals surface area (Å²) in [5, 5.41) is 8.39. The van der Waals surface area contributed by atoms with Crippen molar-refractivity contribution in [3.05, 3.63) is 41.6 Å². The minimum atomic E-state index is 0.553. The number of pyridine rings is 1. The molecular formula is C28H39N5O2. The zero-order valence-corrected chi connectivity index (χ0v) is 21.8. The second kappa shape index (κ2) is 10.2. The van der Waals surface area contributed by atoms with E-state index in [1.165, 1.54) is 43.4 Å². The largest absolute Gasteiger partial charge is 0.493 e. The molecule has 2 saturated heterocycles. The molecule has 7 heteroatoms. The summed E-state index contributed by atoms with van der Waals surface area (Å²) in [6, 6.07) is 9.52. The number of nitrogens with one attached hydrogen (secondary N) is 1. The van der Waals surface area contributed by atoms with Gasteiger partial charge in [-0.2, -0.15) is 0 Å². The highest BCUT2D eigenvalue weighted by molar-refractivity contribution is 5.64. The van der Waals surface area contributed by atoms with Gasteiger partial charge in [-0.25, -0.2) is 9.50 Å². The summed E-state index contributed by atoms with van der Waals surface area (Å²) in [7, 11) is 3.29. The van der Waals surface area contributed by atoms with Crippen LogP contribution in [0.3, 0.4) is 0 Å². The van der Waals surface area contributed by atoms with Crippen LogP contribution < -0.4 is 14.8 Å². The van der Waals surface area contributed by atoms with Crippen molar-refractivity contribution in [1.82, 2.24) is 24.8 Å². The number of fused-ring (bicyclic) bond motifs is 1. The van der Waals surface area contributed by atoms with Crippen molar-refractivity contribution in [1.29, 1.82) is 0 Å². The van der Waals surface area contributed by atoms with Gasteiger partial charge in [0, 0.05) is 23.8 Å². The Morgan fingerprint density at radius 1 is 1.03 bits per heavy atom. The van der Waals surface area contributed by atoms with Crippen LogP contribution in [0.5, 0.6) is 11.5 Å². The number of piperidine rings is 2. The normalized spacial score (nSPS) is 22.1. The zero-order chi connectivity index (χ0) is 24.5. The first kappa shape index (κ1) is 24.1. The Labute approximate surface area is 208 Å². The molecule has 35 heavy (non-hydrogen) atoms. The fourth-order valence-electron chi connectivity index (χ4n) is 6.06. The highest BCUT2D eigenvalue weighted by atomic mass is 16.5. The molecule has 5 rings (SSSR count). The van der Waals surface area contributed by atoms with E-state index >= 15 is 0 Å². The van der Waals surface area contributed by atoms with E-state index < -0.39 is 0 Å². The number of rotatable bonds is 6. The lowest BCUT2D eigenvalue weighted by atomic mass is 9.80. The molecule has 0 amide bonds. The first-order valence-corrected chi connectivity index (χ1v) is 13.0. The maximum atomic E-state index is 5.48. The van der Waals surface area contributed by atoms with E-state index in [0.717, 1.165) is 30.3 Å². The number of likely N-dealkylation sites (tertiary alicyclic amines) is 1. The Bertz CT molecular complexity index is 1170. The van der Waals surface area contributed by atoms with E-state index in [0.29, 0.717) is 35.2 Å². The average Bonchev–Trinajstić information content (AvgIpc) is 3.33. The summed E-state index contributed by atoms with van der Waals surface area (Å²) in [6.07, 6.45) is 7.18. The van der Waals surface area contributed by atoms with Crippen LogP contribution >= 0.6 is 0 Å². The van der Waals surface area contributed by atoms with Crippen molar-refractivity contribution >= 4 is 5.65 Å². The van der Waals surface area contributed by atoms with Crippen LogP contribution in [0.2, 0.25) is 0 Å². The lowest BCUT2D eigenvalue weighted by Crippen LogP contribution is -2.53. The number of nitrogens with zero attached hydrogens (tertiary/aromatic N) is 4. The number of hydrogen-bond acceptors (Lipinski definition) is 6. The molecule has 7 nitrogen and oxygen atoms in total. The van der Waals surface area contributed by atoms with Gasteiger partial charge in [0.1, 0.15) is 0 Å². The first-order valence-electron chi connectivity index (χ1n) is 13.0. The van der Waals surface area contributed by atoms with Crippen molar-refractivity contribution in [3.8, 4) is 22.9 Å². The Balaban J connectivity index is 1.41. The van der Waals surface area contributed by atoms with Crippen LogP contribution in [0.15, 0.2) is 30.5 Å². The predicted molar refractivity (Wildman–Crippen MR) is 139 cm³/mol. The van der Waals surface area contributed by atoms with Gasteiger partial charge < -0.3 is 14.8 Å². The Hall–Kier alpha value is -2.64. The third kappa shape index (κ3) is 4.76. The maximum absolute atomic E-state index is 5.48. The summed E-state index contributed by atoms with van der Waals surface area (Å²) in [6.45, 7) is 10.4. The Morgan fingerprint density at radius 2 is 1.80 bits per heavy atom. The molecule has 0 aliphatic carbocycles. The first-order chi connectivity index (χ1) is 17.0. The lowest BCUT2D eigenvalue weighted by Gasteiger charge is -2.47. The van der Waals surface area contributed by atoms with Gasteiger partial charge in [0.25, 0.3) is 0 Å². The van der Waals surface area contributed by atoms with Crippen LogP contribution in [0.1, 0.15) is 56.6 Å². The second-order valence-corrected chi connectivity index (χ2v) is 10.5. The molecule has 1 aromatic carbocycles. The van der Waals surface area contributed by atoms with Gasteiger partial charge in [0.05, 0.1) is 14.2 Å². The van der Waals surface area contributed by atoms with Crippen LogP contribution in [-0.2, 0) is 0 Å². The fraction of sp³-hybridized carbons (Fsp3) is 0.571. The molecule has 2 aromatic heterocycles. The van der Waals surface area contributed by atoms with Crippen LogP contribution in [-0.4, -0.2) is 65.4 Å². The molecule has 1 unspecified atom stereocenters. The number of hydrogen-bond donors (Lipinski definition) is 1. The predicted octanol–water partition coefficient (Wildman–Crippen LogP) is 4.68. The second-order valence-electron chi connectivity index (χ2n) is 10.5. The Morgan fingerprint density at radius 3 is 2.51 bits per heavy atom. The Kier molecular flexibility index (Phi) is 6.98. The average molecular weight is 478 g/mol. The molecule has 188 valence electrons. The number of ether oxygens (including phenoxy) is 2. The minimum absolute atomic E-state index is 0.553.